The van der Waals surface area contributed by atoms with Gasteiger partial charge in [0.1, 0.15) is 0 Å². The monoisotopic (exact) mass is 374 g/mol. The molecule has 0 amide bonds. The van der Waals surface area contributed by atoms with Gasteiger partial charge in [0.15, 0.2) is 5.78 Å². The number of ketones is 1. The zero-order chi connectivity index (χ0) is 18.5. The van der Waals surface area contributed by atoms with Crippen molar-refractivity contribution >= 4 is 23.5 Å². The zero-order valence-corrected chi connectivity index (χ0v) is 16.8. The Bertz CT molecular complexity index is 655. The Labute approximate surface area is 161 Å². The molecule has 1 aliphatic carbocycles. The predicted octanol–water partition coefficient (Wildman–Crippen LogP) is 5.62. The summed E-state index contributed by atoms with van der Waals surface area (Å²) in [5.74, 6) is 1.59. The lowest BCUT2D eigenvalue weighted by molar-refractivity contribution is -0.145. The largest absolute Gasteiger partial charge is 0.465 e. The number of ether oxygens (including phenoxy) is 1. The Morgan fingerprint density at radius 2 is 2.08 bits per heavy atom. The molecular weight excluding hydrogens is 344 g/mol. The fourth-order valence-electron chi connectivity index (χ4n) is 4.07. The molecule has 142 valence electrons. The fraction of sp³-hybridized carbons (Fsp3) is 0.636. The molecule has 1 aromatic rings. The fourth-order valence-corrected chi connectivity index (χ4v) is 5.40. The molecule has 4 heteroatoms. The number of fused-ring (bicyclic) bond motifs is 2. The number of hydrogen-bond acceptors (Lipinski definition) is 4. The van der Waals surface area contributed by atoms with Crippen LogP contribution in [0.1, 0.15) is 80.6 Å². The molecule has 0 radical (unpaired) electrons. The van der Waals surface area contributed by atoms with Gasteiger partial charge in [-0.15, -0.1) is 11.8 Å². The van der Waals surface area contributed by atoms with E-state index in [1.807, 2.05) is 25.1 Å². The first-order valence-electron chi connectivity index (χ1n) is 10.1. The van der Waals surface area contributed by atoms with Crippen molar-refractivity contribution in [1.29, 1.82) is 0 Å². The maximum absolute atomic E-state index is 13.0. The van der Waals surface area contributed by atoms with Crippen LogP contribution < -0.4 is 0 Å². The Hall–Kier alpha value is -1.29. The number of carbonyl (C=O) groups excluding carboxylic acids is 2. The smallest absolute Gasteiger partial charge is 0.313 e. The Balaban J connectivity index is 1.71. The molecule has 2 aliphatic rings. The van der Waals surface area contributed by atoms with E-state index in [4.69, 9.17) is 4.74 Å². The molecule has 1 aromatic carbocycles. The van der Waals surface area contributed by atoms with E-state index >= 15 is 0 Å². The summed E-state index contributed by atoms with van der Waals surface area (Å²) in [6.07, 6.45) is 7.75. The van der Waals surface area contributed by atoms with Crippen LogP contribution in [0.25, 0.3) is 0 Å². The van der Waals surface area contributed by atoms with E-state index < -0.39 is 0 Å². The lowest BCUT2D eigenvalue weighted by atomic mass is 9.76. The number of esters is 1. The molecule has 3 rings (SSSR count). The van der Waals surface area contributed by atoms with Gasteiger partial charge in [0.05, 0.1) is 12.5 Å². The van der Waals surface area contributed by atoms with Crippen LogP contribution in [0.3, 0.4) is 0 Å². The average molecular weight is 375 g/mol. The van der Waals surface area contributed by atoms with Crippen molar-refractivity contribution in [3.05, 3.63) is 29.3 Å². The van der Waals surface area contributed by atoms with Crippen LogP contribution in [0.15, 0.2) is 23.1 Å². The van der Waals surface area contributed by atoms with Gasteiger partial charge in [-0.25, -0.2) is 0 Å². The topological polar surface area (TPSA) is 43.4 Å². The maximum Gasteiger partial charge on any atom is 0.313 e. The number of hydrogen-bond donors (Lipinski definition) is 0. The van der Waals surface area contributed by atoms with Gasteiger partial charge in [0.25, 0.3) is 0 Å². The summed E-state index contributed by atoms with van der Waals surface area (Å²) in [4.78, 5) is 26.3. The average Bonchev–Trinajstić information content (AvgIpc) is 2.81. The molecule has 1 saturated carbocycles. The summed E-state index contributed by atoms with van der Waals surface area (Å²) in [7, 11) is 0. The summed E-state index contributed by atoms with van der Waals surface area (Å²) in [6, 6.07) is 5.93. The van der Waals surface area contributed by atoms with Gasteiger partial charge in [-0.1, -0.05) is 38.7 Å². The minimum absolute atomic E-state index is 0.167. The van der Waals surface area contributed by atoms with Gasteiger partial charge in [0, 0.05) is 22.1 Å². The van der Waals surface area contributed by atoms with Crippen LogP contribution in [0.2, 0.25) is 0 Å². The first-order valence-corrected chi connectivity index (χ1v) is 11.1. The molecule has 0 N–H and O–H groups in total. The third kappa shape index (κ3) is 4.33. The molecule has 3 nitrogen and oxygen atoms in total. The molecule has 1 unspecified atom stereocenters. The van der Waals surface area contributed by atoms with E-state index in [1.165, 1.54) is 19.3 Å². The number of rotatable bonds is 6. The summed E-state index contributed by atoms with van der Waals surface area (Å²) in [5.41, 5.74) is 1.81. The Morgan fingerprint density at radius 1 is 1.27 bits per heavy atom. The van der Waals surface area contributed by atoms with Crippen molar-refractivity contribution in [3.63, 3.8) is 0 Å². The van der Waals surface area contributed by atoms with Crippen molar-refractivity contribution in [1.82, 2.24) is 0 Å². The third-order valence-electron chi connectivity index (χ3n) is 5.82. The second kappa shape index (κ2) is 9.07. The zero-order valence-electron chi connectivity index (χ0n) is 16.0. The maximum atomic E-state index is 13.0. The Kier molecular flexibility index (Phi) is 6.80. The first kappa shape index (κ1) is 19.5. The van der Waals surface area contributed by atoms with Crippen LogP contribution >= 0.6 is 11.8 Å². The lowest BCUT2D eigenvalue weighted by Gasteiger charge is -2.28. The van der Waals surface area contributed by atoms with Crippen molar-refractivity contribution in [2.24, 2.45) is 11.8 Å². The molecule has 0 saturated heterocycles. The number of thioether (sulfide) groups is 1. The highest BCUT2D eigenvalue weighted by Gasteiger charge is 2.35. The molecule has 1 aliphatic heterocycles. The molecule has 0 aromatic heterocycles. The Morgan fingerprint density at radius 3 is 2.88 bits per heavy atom. The predicted molar refractivity (Wildman–Crippen MR) is 106 cm³/mol. The minimum atomic E-state index is -0.289. The van der Waals surface area contributed by atoms with Crippen LogP contribution in [-0.4, -0.2) is 24.1 Å². The van der Waals surface area contributed by atoms with Crippen molar-refractivity contribution in [2.45, 2.75) is 69.6 Å². The molecule has 26 heavy (non-hydrogen) atoms. The molecular formula is C22H30O3S. The quantitative estimate of drug-likeness (QED) is 0.479. The van der Waals surface area contributed by atoms with Crippen LogP contribution in [0.5, 0.6) is 0 Å². The van der Waals surface area contributed by atoms with E-state index in [2.05, 4.69) is 6.92 Å². The number of Topliss-reactive ketones (excluding diaryl/α,β-unsaturated/α-hetero) is 1. The van der Waals surface area contributed by atoms with E-state index in [0.29, 0.717) is 18.3 Å². The van der Waals surface area contributed by atoms with Gasteiger partial charge in [-0.3, -0.25) is 9.59 Å². The minimum Gasteiger partial charge on any atom is -0.465 e. The van der Waals surface area contributed by atoms with E-state index in [-0.39, 0.29) is 17.8 Å². The number of carbonyl (C=O) groups is 2. The van der Waals surface area contributed by atoms with Crippen LogP contribution in [0.4, 0.5) is 0 Å². The SMILES string of the molecule is CCCCCOC(=O)C(C)c1ccc2c(c1)SC[C@@H]1CCCC[C@H]1C2=O. The van der Waals surface area contributed by atoms with E-state index in [9.17, 15) is 9.59 Å². The second-order valence-corrected chi connectivity index (χ2v) is 8.74. The summed E-state index contributed by atoms with van der Waals surface area (Å²) < 4.78 is 5.41. The van der Waals surface area contributed by atoms with Gasteiger partial charge in [-0.2, -0.15) is 0 Å². The summed E-state index contributed by atoms with van der Waals surface area (Å²) >= 11 is 1.79. The van der Waals surface area contributed by atoms with Crippen LogP contribution in [-0.2, 0) is 9.53 Å². The van der Waals surface area contributed by atoms with Crippen molar-refractivity contribution in [3.8, 4) is 0 Å². The molecule has 3 atom stereocenters. The van der Waals surface area contributed by atoms with Gasteiger partial charge < -0.3 is 4.74 Å². The highest BCUT2D eigenvalue weighted by molar-refractivity contribution is 7.99. The van der Waals surface area contributed by atoms with Gasteiger partial charge >= 0.3 is 5.97 Å². The standard InChI is InChI=1S/C22H30O3S/c1-3-4-7-12-25-22(24)15(2)16-10-11-19-20(13-16)26-14-17-8-5-6-9-18(17)21(19)23/h10-11,13,15,17-18H,3-9,12,14H2,1-2H3/t15?,17-,18+/m0/s1. The second-order valence-electron chi connectivity index (χ2n) is 7.68. The van der Waals surface area contributed by atoms with Gasteiger partial charge in [0.2, 0.25) is 0 Å². The van der Waals surface area contributed by atoms with Crippen molar-refractivity contribution < 1.29 is 14.3 Å². The summed E-state index contributed by atoms with van der Waals surface area (Å²) in [6.45, 7) is 4.53. The van der Waals surface area contributed by atoms with E-state index in [0.717, 1.165) is 47.5 Å². The van der Waals surface area contributed by atoms with Gasteiger partial charge in [-0.05, 0) is 49.8 Å². The highest BCUT2D eigenvalue weighted by Crippen LogP contribution is 2.42. The van der Waals surface area contributed by atoms with E-state index in [1.54, 1.807) is 11.8 Å². The highest BCUT2D eigenvalue weighted by atomic mass is 32.2. The first-order chi connectivity index (χ1) is 12.6. The third-order valence-corrected chi connectivity index (χ3v) is 7.06. The van der Waals surface area contributed by atoms with Crippen molar-refractivity contribution in [2.75, 3.05) is 12.4 Å². The van der Waals surface area contributed by atoms with Crippen LogP contribution in [0, 0.1) is 11.8 Å². The number of benzene rings is 1. The number of unbranched alkanes of at least 4 members (excludes halogenated alkanes) is 2. The molecule has 1 fully saturated rings. The lowest BCUT2D eigenvalue weighted by Crippen LogP contribution is -2.27. The molecule has 1 heterocycles. The molecule has 0 spiro atoms. The normalized spacial score (nSPS) is 23.5. The summed E-state index contributed by atoms with van der Waals surface area (Å²) in [5, 5.41) is 0. The molecule has 0 bridgehead atoms.